The Morgan fingerprint density at radius 2 is 1.88 bits per heavy atom. The number of aryl methyl sites for hydroxylation is 1. The summed E-state index contributed by atoms with van der Waals surface area (Å²) >= 11 is 0. The van der Waals surface area contributed by atoms with Gasteiger partial charge in [-0.15, -0.1) is 0 Å². The lowest BCUT2D eigenvalue weighted by Crippen LogP contribution is -2.43. The van der Waals surface area contributed by atoms with Crippen LogP contribution in [0.3, 0.4) is 0 Å². The van der Waals surface area contributed by atoms with Gasteiger partial charge in [-0.3, -0.25) is 9.48 Å². The molecule has 10 nitrogen and oxygen atoms in total. The quantitative estimate of drug-likeness (QED) is 0.501. The summed E-state index contributed by atoms with van der Waals surface area (Å²) in [7, 11) is -6.21. The van der Waals surface area contributed by atoms with E-state index >= 15 is 0 Å². The fourth-order valence-corrected chi connectivity index (χ4v) is 8.98. The standard InChI is InChI=1S/C26H29F3N4O6S2/c1-33-14-17(13-31-33)16-2-3-23(21(10-16)26(27,28)29)41(37,38)19-11-20(24(34)32-25(15-30)6-7-25)22(12-19)39-18-4-8-40(35,36)9-5-18/h2-3,10,13-14,18-20,22H,4-9,11-12H2,1H3,(H,32,34)/t19-,20-,22-/m0/s1. The van der Waals surface area contributed by atoms with Crippen LogP contribution < -0.4 is 5.32 Å². The molecule has 3 fully saturated rings. The first-order chi connectivity index (χ1) is 19.1. The zero-order valence-electron chi connectivity index (χ0n) is 22.1. The first-order valence-electron chi connectivity index (χ1n) is 13.2. The predicted molar refractivity (Wildman–Crippen MR) is 140 cm³/mol. The smallest absolute Gasteiger partial charge is 0.374 e. The van der Waals surface area contributed by atoms with E-state index in [2.05, 4.69) is 10.4 Å². The molecule has 5 rings (SSSR count). The van der Waals surface area contributed by atoms with Crippen molar-refractivity contribution in [2.75, 3.05) is 11.5 Å². The molecular weight excluding hydrogens is 585 g/mol. The summed E-state index contributed by atoms with van der Waals surface area (Å²) in [6.07, 6.45) is -2.95. The lowest BCUT2D eigenvalue weighted by Gasteiger charge is -2.28. The molecule has 2 aromatic rings. The minimum absolute atomic E-state index is 0.112. The molecular formula is C26H29F3N4O6S2. The maximum atomic E-state index is 14.2. The summed E-state index contributed by atoms with van der Waals surface area (Å²) in [5.41, 5.74) is -1.83. The third-order valence-corrected chi connectivity index (χ3v) is 12.0. The molecule has 2 aliphatic carbocycles. The minimum atomic E-state index is -4.98. The molecule has 3 atom stereocenters. The molecule has 1 aromatic heterocycles. The highest BCUT2D eigenvalue weighted by atomic mass is 32.2. The summed E-state index contributed by atoms with van der Waals surface area (Å²) in [6, 6.07) is 5.04. The number of carbonyl (C=O) groups is 1. The molecule has 222 valence electrons. The highest BCUT2D eigenvalue weighted by Crippen LogP contribution is 2.43. The molecule has 3 aliphatic rings. The monoisotopic (exact) mass is 614 g/mol. The van der Waals surface area contributed by atoms with E-state index in [1.54, 1.807) is 7.05 Å². The van der Waals surface area contributed by atoms with Crippen LogP contribution >= 0.6 is 0 Å². The Bertz CT molecular complexity index is 1600. The Hall–Kier alpha value is -2.96. The van der Waals surface area contributed by atoms with E-state index in [0.717, 1.165) is 12.1 Å². The van der Waals surface area contributed by atoms with Crippen molar-refractivity contribution in [2.45, 2.75) is 72.6 Å². The number of sulfone groups is 2. The number of nitrogens with one attached hydrogen (secondary N) is 1. The topological polar surface area (TPSA) is 148 Å². The summed E-state index contributed by atoms with van der Waals surface area (Å²) in [5.74, 6) is -1.86. The average molecular weight is 615 g/mol. The van der Waals surface area contributed by atoms with E-state index in [9.17, 15) is 40.1 Å². The van der Waals surface area contributed by atoms with Crippen molar-refractivity contribution in [3.05, 3.63) is 36.2 Å². The molecule has 41 heavy (non-hydrogen) atoms. The largest absolute Gasteiger partial charge is 0.417 e. The molecule has 15 heteroatoms. The number of hydrogen-bond acceptors (Lipinski definition) is 8. The van der Waals surface area contributed by atoms with Crippen LogP contribution in [-0.4, -0.2) is 67.0 Å². The third-order valence-electron chi connectivity index (χ3n) is 8.06. The van der Waals surface area contributed by atoms with Crippen molar-refractivity contribution >= 4 is 25.6 Å². The van der Waals surface area contributed by atoms with Gasteiger partial charge in [0.15, 0.2) is 19.7 Å². The van der Waals surface area contributed by atoms with Gasteiger partial charge in [-0.25, -0.2) is 16.8 Å². The second kappa shape index (κ2) is 10.4. The zero-order chi connectivity index (χ0) is 29.8. The molecule has 0 spiro atoms. The summed E-state index contributed by atoms with van der Waals surface area (Å²) in [5, 5.41) is 14.7. The molecule has 1 saturated heterocycles. The Morgan fingerprint density at radius 1 is 1.20 bits per heavy atom. The number of nitrogens with zero attached hydrogens (tertiary/aromatic N) is 3. The maximum Gasteiger partial charge on any atom is 0.417 e. The van der Waals surface area contributed by atoms with Crippen LogP contribution in [0, 0.1) is 17.2 Å². The number of nitriles is 1. The van der Waals surface area contributed by atoms with Crippen molar-refractivity contribution in [2.24, 2.45) is 13.0 Å². The second-order valence-corrected chi connectivity index (χ2v) is 15.6. The van der Waals surface area contributed by atoms with Crippen molar-refractivity contribution < 1.29 is 39.5 Å². The van der Waals surface area contributed by atoms with E-state index in [4.69, 9.17) is 4.74 Å². The number of aromatic nitrogens is 2. The van der Waals surface area contributed by atoms with Gasteiger partial charge in [0.05, 0.1) is 57.6 Å². The van der Waals surface area contributed by atoms with Gasteiger partial charge in [0.2, 0.25) is 5.91 Å². The van der Waals surface area contributed by atoms with Crippen LogP contribution in [0.5, 0.6) is 0 Å². The van der Waals surface area contributed by atoms with E-state index in [-0.39, 0.29) is 42.8 Å². The average Bonchev–Trinajstić information content (AvgIpc) is 3.31. The van der Waals surface area contributed by atoms with Gasteiger partial charge in [0, 0.05) is 18.8 Å². The molecule has 1 N–H and O–H groups in total. The van der Waals surface area contributed by atoms with Crippen LogP contribution in [0.25, 0.3) is 11.1 Å². The van der Waals surface area contributed by atoms with Gasteiger partial charge in [0.1, 0.15) is 5.54 Å². The molecule has 0 radical (unpaired) electrons. The van der Waals surface area contributed by atoms with Crippen LogP contribution in [0.15, 0.2) is 35.5 Å². The Balaban J connectivity index is 1.45. The highest BCUT2D eigenvalue weighted by molar-refractivity contribution is 7.92. The molecule has 1 amide bonds. The van der Waals surface area contributed by atoms with Gasteiger partial charge < -0.3 is 10.1 Å². The summed E-state index contributed by atoms with van der Waals surface area (Å²) in [6.45, 7) is 0. The van der Waals surface area contributed by atoms with Gasteiger partial charge in [-0.1, -0.05) is 6.07 Å². The summed E-state index contributed by atoms with van der Waals surface area (Å²) < 4.78 is 101. The van der Waals surface area contributed by atoms with E-state index < -0.39 is 71.1 Å². The Kier molecular flexibility index (Phi) is 7.48. The van der Waals surface area contributed by atoms with Gasteiger partial charge >= 0.3 is 6.18 Å². The number of hydrogen-bond donors (Lipinski definition) is 1. The normalized spacial score (nSPS) is 25.9. The Labute approximate surface area is 235 Å². The number of amides is 1. The first-order valence-corrected chi connectivity index (χ1v) is 16.5. The van der Waals surface area contributed by atoms with Crippen molar-refractivity contribution in [1.29, 1.82) is 5.26 Å². The number of benzene rings is 1. The van der Waals surface area contributed by atoms with E-state index in [1.807, 2.05) is 6.07 Å². The number of rotatable bonds is 7. The fourth-order valence-electron chi connectivity index (χ4n) is 5.53. The van der Waals surface area contributed by atoms with Crippen LogP contribution in [0.1, 0.15) is 44.1 Å². The zero-order valence-corrected chi connectivity index (χ0v) is 23.7. The lowest BCUT2D eigenvalue weighted by molar-refractivity contribution is -0.139. The fraction of sp³-hybridized carbons (Fsp3) is 0.577. The van der Waals surface area contributed by atoms with Crippen molar-refractivity contribution in [3.63, 3.8) is 0 Å². The second-order valence-electron chi connectivity index (χ2n) is 11.1. The number of alkyl halides is 3. The van der Waals surface area contributed by atoms with E-state index in [0.29, 0.717) is 18.4 Å². The van der Waals surface area contributed by atoms with Crippen molar-refractivity contribution in [1.82, 2.24) is 15.1 Å². The first kappa shape index (κ1) is 29.5. The van der Waals surface area contributed by atoms with Crippen LogP contribution in [-0.2, 0) is 42.4 Å². The SMILES string of the molecule is Cn1cc(-c2ccc(S(=O)(=O)[C@@H]3C[C@H](OC4CCS(=O)(=O)CC4)[C@@H](C(=O)NC4(C#N)CC4)C3)c(C(F)(F)F)c2)cn1. The van der Waals surface area contributed by atoms with Gasteiger partial charge in [-0.2, -0.15) is 23.5 Å². The molecule has 2 heterocycles. The molecule has 1 aliphatic heterocycles. The van der Waals surface area contributed by atoms with Gasteiger partial charge in [0.25, 0.3) is 0 Å². The Morgan fingerprint density at radius 3 is 2.44 bits per heavy atom. The number of ether oxygens (including phenoxy) is 1. The molecule has 0 bridgehead atoms. The lowest BCUT2D eigenvalue weighted by atomic mass is 10.0. The molecule has 2 saturated carbocycles. The third kappa shape index (κ3) is 6.14. The minimum Gasteiger partial charge on any atom is -0.374 e. The predicted octanol–water partition coefficient (Wildman–Crippen LogP) is 2.79. The van der Waals surface area contributed by atoms with Crippen LogP contribution in [0.4, 0.5) is 13.2 Å². The maximum absolute atomic E-state index is 14.2. The van der Waals surface area contributed by atoms with Crippen LogP contribution in [0.2, 0.25) is 0 Å². The van der Waals surface area contributed by atoms with Crippen molar-refractivity contribution in [3.8, 4) is 17.2 Å². The molecule has 0 unspecified atom stereocenters. The molecule has 1 aromatic carbocycles. The van der Waals surface area contributed by atoms with Gasteiger partial charge in [-0.05, 0) is 56.2 Å². The highest BCUT2D eigenvalue weighted by Gasteiger charge is 2.52. The number of halogens is 3. The summed E-state index contributed by atoms with van der Waals surface area (Å²) in [4.78, 5) is 12.3. The number of carbonyl (C=O) groups excluding carboxylic acids is 1. The van der Waals surface area contributed by atoms with E-state index in [1.165, 1.54) is 23.1 Å².